The zero-order chi connectivity index (χ0) is 44.0. The average Bonchev–Trinajstić information content (AvgIpc) is 3.17. The number of esters is 1. The van der Waals surface area contributed by atoms with Crippen molar-refractivity contribution in [3.63, 3.8) is 0 Å². The Kier molecular flexibility index (Phi) is 15.9. The van der Waals surface area contributed by atoms with Crippen LogP contribution in [0.3, 0.4) is 0 Å². The van der Waals surface area contributed by atoms with E-state index in [0.717, 1.165) is 6.92 Å². The van der Waals surface area contributed by atoms with Gasteiger partial charge in [0.2, 0.25) is 5.91 Å². The van der Waals surface area contributed by atoms with Gasteiger partial charge in [0.1, 0.15) is 35.0 Å². The van der Waals surface area contributed by atoms with Crippen molar-refractivity contribution >= 4 is 34.9 Å². The Morgan fingerprint density at radius 1 is 1.14 bits per heavy atom. The molecule has 1 aromatic heterocycles. The number of carbonyl (C=O) groups excluding carboxylic acids is 3. The molecule has 13 atom stereocenters. The number of aromatic nitrogens is 1. The fraction of sp³-hybridized carbons (Fsp3) is 0.714. The van der Waals surface area contributed by atoms with Gasteiger partial charge >= 0.3 is 5.97 Å². The van der Waals surface area contributed by atoms with E-state index in [-0.39, 0.29) is 44.5 Å². The minimum Gasteiger partial charge on any atom is -0.457 e. The summed E-state index contributed by atoms with van der Waals surface area (Å²) in [7, 11) is 3.62. The van der Waals surface area contributed by atoms with Crippen molar-refractivity contribution in [1.29, 1.82) is 0 Å². The third-order valence-corrected chi connectivity index (χ3v) is 11.5. The van der Waals surface area contributed by atoms with Crippen molar-refractivity contribution < 1.29 is 57.5 Å². The molecule has 17 heteroatoms. The van der Waals surface area contributed by atoms with Crippen LogP contribution in [0.25, 0.3) is 0 Å². The number of nitrogens with zero attached hydrogens (tertiary/aromatic N) is 4. The summed E-state index contributed by atoms with van der Waals surface area (Å²) in [5, 5.41) is 28.2. The van der Waals surface area contributed by atoms with Crippen molar-refractivity contribution in [2.45, 2.75) is 141 Å². The number of hydrogen-bond acceptors (Lipinski definition) is 15. The van der Waals surface area contributed by atoms with Gasteiger partial charge in [-0.1, -0.05) is 44.8 Å². The van der Waals surface area contributed by atoms with E-state index < -0.39 is 89.0 Å². The van der Waals surface area contributed by atoms with E-state index in [2.05, 4.69) is 27.0 Å². The zero-order valence-electron chi connectivity index (χ0n) is 36.1. The van der Waals surface area contributed by atoms with Crippen LogP contribution in [-0.2, 0) is 42.9 Å². The fourth-order valence-corrected chi connectivity index (χ4v) is 8.41. The lowest BCUT2D eigenvalue weighted by Crippen LogP contribution is -2.61. The van der Waals surface area contributed by atoms with Crippen LogP contribution in [0.2, 0.25) is 0 Å². The molecule has 4 N–H and O–H groups in total. The number of ketones is 1. The molecule has 0 unspecified atom stereocenters. The standard InChI is InChI=1S/C42H62FN5O11/c1-12-31-42(9,53)37-25(4)33(45-27(6)49)23(2)20-40(7,55-22-29(21-54-37)47-56-18-14-16-28-15-13-17-32(44)46-28)36(26(5)35(51)41(8,43)39(52)58-31)59-38-34(50)30(48(10)11)19-24(3)57-38/h13,15,17,23-26,30-31,34,36-38,50,53H,12,18-22H2,1-11H3,(H2,44,46)/b45-33?,47-29+/t23-,24-,25+,26+,30+,31-,34-,36-,37-,38+,40-,41+,42-/m1/s1. The molecule has 0 aliphatic carbocycles. The largest absolute Gasteiger partial charge is 0.457 e. The predicted molar refractivity (Wildman–Crippen MR) is 216 cm³/mol. The molecule has 59 heavy (non-hydrogen) atoms. The molecular formula is C42H62FN5O11. The first-order chi connectivity index (χ1) is 27.5. The van der Waals surface area contributed by atoms with E-state index >= 15 is 4.39 Å². The Hall–Kier alpha value is -3.89. The second-order valence-electron chi connectivity index (χ2n) is 16.8. The number of fused-ring (bicyclic) bond motifs is 5. The molecule has 0 saturated carbocycles. The van der Waals surface area contributed by atoms with Crippen LogP contribution >= 0.6 is 0 Å². The predicted octanol–water partition coefficient (Wildman–Crippen LogP) is 3.04. The lowest BCUT2D eigenvalue weighted by atomic mass is 9.73. The van der Waals surface area contributed by atoms with Gasteiger partial charge in [0, 0.05) is 30.5 Å². The molecule has 0 spiro atoms. The number of nitrogens with two attached hydrogens (primary N) is 1. The number of aliphatic hydroxyl groups is 2. The quantitative estimate of drug-likeness (QED) is 0.124. The summed E-state index contributed by atoms with van der Waals surface area (Å²) in [5.74, 6) is -0.165. The van der Waals surface area contributed by atoms with E-state index in [0.29, 0.717) is 23.6 Å². The van der Waals surface area contributed by atoms with Gasteiger partial charge in [-0.05, 0) is 85.0 Å². The van der Waals surface area contributed by atoms with Crippen LogP contribution in [0, 0.1) is 29.6 Å². The Morgan fingerprint density at radius 2 is 1.83 bits per heavy atom. The Bertz CT molecular complexity index is 1790. The van der Waals surface area contributed by atoms with E-state index in [4.69, 9.17) is 34.3 Å². The highest BCUT2D eigenvalue weighted by molar-refractivity contribution is 6.08. The third kappa shape index (κ3) is 11.3. The molecule has 1 amide bonds. The Labute approximate surface area is 346 Å². The number of alkyl halides is 1. The second-order valence-corrected chi connectivity index (χ2v) is 16.8. The van der Waals surface area contributed by atoms with E-state index in [1.165, 1.54) is 20.8 Å². The number of rotatable bonds is 6. The van der Waals surface area contributed by atoms with Gasteiger partial charge in [-0.25, -0.2) is 19.2 Å². The van der Waals surface area contributed by atoms with Crippen LogP contribution in [0.1, 0.15) is 87.3 Å². The molecule has 0 aromatic carbocycles. The molecule has 2 bridgehead atoms. The minimum absolute atomic E-state index is 0.00640. The topological polar surface area (TPSA) is 214 Å². The summed E-state index contributed by atoms with van der Waals surface area (Å²) in [4.78, 5) is 57.0. The van der Waals surface area contributed by atoms with E-state index in [1.54, 1.807) is 45.9 Å². The highest BCUT2D eigenvalue weighted by Gasteiger charge is 2.56. The SMILES string of the molecule is CC[C@H]1OC(=O)[C@@](C)(F)C(=O)[C@H](C)[C@@H](O[C@@H]2O[C@H](C)C[C@H](N(C)C)[C@H]2O)[C@@]2(C)C[C@@H](C)C(=NC(C)=O)[C@H](C)[C@@H](OC/C(=N\OCC#Cc3cccc(N)n3)CO2)[C@]1(C)O. The summed E-state index contributed by atoms with van der Waals surface area (Å²) in [5.41, 5.74) is -0.173. The first-order valence-electron chi connectivity index (χ1n) is 20.1. The smallest absolute Gasteiger partial charge is 0.351 e. The van der Waals surface area contributed by atoms with Crippen LogP contribution in [0.4, 0.5) is 10.2 Å². The molecule has 3 fully saturated rings. The number of amides is 1. The van der Waals surface area contributed by atoms with Gasteiger partial charge in [0.15, 0.2) is 18.7 Å². The lowest BCUT2D eigenvalue weighted by molar-refractivity contribution is -0.296. The number of carbonyl (C=O) groups is 3. The van der Waals surface area contributed by atoms with Gasteiger partial charge < -0.3 is 49.4 Å². The number of aliphatic imine (C=N–C) groups is 1. The number of ether oxygens (including phenoxy) is 5. The summed E-state index contributed by atoms with van der Waals surface area (Å²) >= 11 is 0. The maximum absolute atomic E-state index is 16.8. The number of halogens is 1. The van der Waals surface area contributed by atoms with Gasteiger partial charge in [0.05, 0.1) is 37.1 Å². The monoisotopic (exact) mass is 831 g/mol. The van der Waals surface area contributed by atoms with Gasteiger partial charge in [-0.3, -0.25) is 9.59 Å². The fourth-order valence-electron chi connectivity index (χ4n) is 8.41. The lowest BCUT2D eigenvalue weighted by Gasteiger charge is -2.47. The molecule has 3 aliphatic rings. The number of oxime groups is 1. The molecule has 4 rings (SSSR count). The number of nitrogen functional groups attached to an aromatic ring is 1. The minimum atomic E-state index is -3.22. The molecular weight excluding hydrogens is 769 g/mol. The number of hydrogen-bond donors (Lipinski definition) is 3. The average molecular weight is 832 g/mol. The number of likely N-dealkylation sites (N-methyl/N-ethyl adjacent to an activating group) is 1. The summed E-state index contributed by atoms with van der Waals surface area (Å²) in [6, 6.07) is 4.63. The zero-order valence-corrected chi connectivity index (χ0v) is 36.1. The van der Waals surface area contributed by atoms with Gasteiger partial charge in [-0.15, -0.1) is 0 Å². The molecule has 3 aliphatic heterocycles. The maximum atomic E-state index is 16.8. The molecule has 4 heterocycles. The first-order valence-corrected chi connectivity index (χ1v) is 20.1. The van der Waals surface area contributed by atoms with Crippen LogP contribution < -0.4 is 5.73 Å². The number of Topliss-reactive ketones (excluding diaryl/α,β-unsaturated/α-hetero) is 1. The maximum Gasteiger partial charge on any atom is 0.351 e. The molecule has 0 radical (unpaired) electrons. The Balaban J connectivity index is 1.94. The van der Waals surface area contributed by atoms with E-state index in [9.17, 15) is 24.6 Å². The molecule has 328 valence electrons. The van der Waals surface area contributed by atoms with Gasteiger partial charge in [0.25, 0.3) is 5.67 Å². The molecule has 16 nitrogen and oxygen atoms in total. The summed E-state index contributed by atoms with van der Waals surface area (Å²) in [6.07, 6.45) is -6.54. The van der Waals surface area contributed by atoms with Crippen molar-refractivity contribution in [2.75, 3.05) is 39.6 Å². The van der Waals surface area contributed by atoms with Crippen molar-refractivity contribution in [3.05, 3.63) is 23.9 Å². The van der Waals surface area contributed by atoms with E-state index in [1.807, 2.05) is 25.9 Å². The van der Waals surface area contributed by atoms with Crippen molar-refractivity contribution in [2.24, 2.45) is 27.9 Å². The second kappa shape index (κ2) is 19.7. The number of aliphatic hydroxyl groups excluding tert-OH is 1. The molecule has 3 saturated heterocycles. The van der Waals surface area contributed by atoms with Crippen LogP contribution in [0.15, 0.2) is 28.3 Å². The number of pyridine rings is 1. The molecule has 1 aromatic rings. The third-order valence-electron chi connectivity index (χ3n) is 11.5. The van der Waals surface area contributed by atoms with Crippen molar-refractivity contribution in [3.8, 4) is 11.8 Å². The highest BCUT2D eigenvalue weighted by atomic mass is 19.1. The number of anilines is 1. The van der Waals surface area contributed by atoms with Gasteiger partial charge in [-0.2, -0.15) is 0 Å². The highest BCUT2D eigenvalue weighted by Crippen LogP contribution is 2.41. The van der Waals surface area contributed by atoms with Crippen molar-refractivity contribution in [1.82, 2.24) is 9.88 Å². The van der Waals surface area contributed by atoms with Crippen LogP contribution in [0.5, 0.6) is 0 Å². The first kappa shape index (κ1) is 47.8. The summed E-state index contributed by atoms with van der Waals surface area (Å²) < 4.78 is 48.5. The number of cyclic esters (lactones) is 1. The normalized spacial score (nSPS) is 39.0. The summed E-state index contributed by atoms with van der Waals surface area (Å²) in [6.45, 7) is 12.7. The van der Waals surface area contributed by atoms with Crippen LogP contribution in [-0.4, -0.2) is 143 Å². The Morgan fingerprint density at radius 3 is 2.46 bits per heavy atom.